The molecule has 0 atom stereocenters. The second-order valence-corrected chi connectivity index (χ2v) is 4.74. The molecular weight excluding hydrogens is 272 g/mol. The van der Waals surface area contributed by atoms with Gasteiger partial charge in [0.15, 0.2) is 0 Å². The summed E-state index contributed by atoms with van der Waals surface area (Å²) in [6.45, 7) is 4.05. The molecule has 21 heavy (non-hydrogen) atoms. The van der Waals surface area contributed by atoms with E-state index in [9.17, 15) is 14.9 Å². The van der Waals surface area contributed by atoms with Crippen molar-refractivity contribution in [3.63, 3.8) is 0 Å². The summed E-state index contributed by atoms with van der Waals surface area (Å²) in [7, 11) is 1.56. The maximum Gasteiger partial charge on any atom is 0.292 e. The minimum Gasteiger partial charge on any atom is -0.383 e. The first-order chi connectivity index (χ1) is 9.92. The molecule has 0 aromatic heterocycles. The van der Waals surface area contributed by atoms with Crippen LogP contribution in [-0.2, 0) is 0 Å². The fourth-order valence-corrected chi connectivity index (χ4v) is 1.96. The Hall–Kier alpha value is -2.62. The van der Waals surface area contributed by atoms with Crippen molar-refractivity contribution < 1.29 is 9.72 Å². The van der Waals surface area contributed by atoms with Crippen molar-refractivity contribution >= 4 is 17.3 Å². The lowest BCUT2D eigenvalue weighted by Crippen LogP contribution is -2.37. The van der Waals surface area contributed by atoms with E-state index >= 15 is 0 Å². The Morgan fingerprint density at radius 2 is 2.19 bits per heavy atom. The molecule has 0 spiro atoms. The highest BCUT2D eigenvalue weighted by molar-refractivity contribution is 5.96. The van der Waals surface area contributed by atoms with Gasteiger partial charge in [-0.3, -0.25) is 14.9 Å². The van der Waals surface area contributed by atoms with Gasteiger partial charge in [-0.25, -0.2) is 0 Å². The summed E-state index contributed by atoms with van der Waals surface area (Å²) in [5.74, 6) is -0.244. The fraction of sp³-hybridized carbons (Fsp3) is 0.429. The number of nitro benzene ring substituents is 1. The second kappa shape index (κ2) is 7.24. The predicted molar refractivity (Wildman–Crippen MR) is 79.0 cm³/mol. The van der Waals surface area contributed by atoms with Crippen molar-refractivity contribution in [2.45, 2.75) is 26.3 Å². The Morgan fingerprint density at radius 3 is 2.67 bits per heavy atom. The zero-order valence-corrected chi connectivity index (χ0v) is 12.3. The van der Waals surface area contributed by atoms with Crippen LogP contribution < -0.4 is 5.32 Å². The van der Waals surface area contributed by atoms with Gasteiger partial charge in [0.05, 0.1) is 17.4 Å². The third-order valence-electron chi connectivity index (χ3n) is 3.06. The average Bonchev–Trinajstić information content (AvgIpc) is 2.46. The fourth-order valence-electron chi connectivity index (χ4n) is 1.96. The Labute approximate surface area is 123 Å². The molecule has 1 aromatic rings. The third kappa shape index (κ3) is 3.92. The maximum absolute atomic E-state index is 12.5. The molecule has 7 heteroatoms. The Bertz CT molecular complexity index is 578. The first-order valence-electron chi connectivity index (χ1n) is 6.56. The average molecular weight is 290 g/mol. The van der Waals surface area contributed by atoms with Gasteiger partial charge in [0.25, 0.3) is 11.6 Å². The molecule has 0 bridgehead atoms. The first-order valence-corrected chi connectivity index (χ1v) is 6.56. The van der Waals surface area contributed by atoms with Crippen LogP contribution in [0.3, 0.4) is 0 Å². The minimum atomic E-state index is -0.504. The van der Waals surface area contributed by atoms with Crippen molar-refractivity contribution in [3.05, 3.63) is 33.9 Å². The van der Waals surface area contributed by atoms with E-state index in [-0.39, 0.29) is 29.7 Å². The van der Waals surface area contributed by atoms with E-state index < -0.39 is 4.92 Å². The predicted octanol–water partition coefficient (Wildman–Crippen LogP) is 2.40. The molecule has 0 unspecified atom stereocenters. The van der Waals surface area contributed by atoms with Crippen LogP contribution >= 0.6 is 0 Å². The van der Waals surface area contributed by atoms with E-state index in [0.717, 1.165) is 0 Å². The normalized spacial score (nSPS) is 10.0. The molecule has 0 fully saturated rings. The first kappa shape index (κ1) is 16.4. The Kier molecular flexibility index (Phi) is 5.67. The Morgan fingerprint density at radius 1 is 1.52 bits per heavy atom. The van der Waals surface area contributed by atoms with E-state index in [1.165, 1.54) is 18.2 Å². The van der Waals surface area contributed by atoms with E-state index in [1.807, 2.05) is 19.9 Å². The molecular formula is C14H18N4O3. The lowest BCUT2D eigenvalue weighted by molar-refractivity contribution is -0.383. The third-order valence-corrected chi connectivity index (χ3v) is 3.06. The van der Waals surface area contributed by atoms with E-state index in [1.54, 1.807) is 11.9 Å². The molecule has 0 saturated heterocycles. The largest absolute Gasteiger partial charge is 0.383 e. The van der Waals surface area contributed by atoms with Crippen LogP contribution in [0.1, 0.15) is 30.6 Å². The van der Waals surface area contributed by atoms with E-state index in [0.29, 0.717) is 12.1 Å². The number of carbonyl (C=O) groups excluding carboxylic acids is 1. The number of nitro groups is 1. The van der Waals surface area contributed by atoms with Crippen molar-refractivity contribution in [2.75, 3.05) is 18.9 Å². The highest BCUT2D eigenvalue weighted by Crippen LogP contribution is 2.25. The number of rotatable bonds is 6. The number of hydrogen-bond acceptors (Lipinski definition) is 5. The minimum absolute atomic E-state index is 0.0564. The van der Waals surface area contributed by atoms with Gasteiger partial charge in [-0.15, -0.1) is 0 Å². The van der Waals surface area contributed by atoms with Gasteiger partial charge in [0.1, 0.15) is 5.69 Å². The Balaban J connectivity index is 3.11. The number of benzene rings is 1. The molecule has 1 aromatic carbocycles. The molecule has 0 saturated carbocycles. The number of nitriles is 1. The van der Waals surface area contributed by atoms with Crippen LogP contribution in [0.15, 0.2) is 18.2 Å². The van der Waals surface area contributed by atoms with Gasteiger partial charge in [0, 0.05) is 31.3 Å². The summed E-state index contributed by atoms with van der Waals surface area (Å²) in [4.78, 5) is 24.4. The SMILES string of the molecule is CNc1cc(C(=O)N(CCC#N)C(C)C)ccc1[N+](=O)[O-]. The molecule has 112 valence electrons. The van der Waals surface area contributed by atoms with Crippen LogP contribution in [0.2, 0.25) is 0 Å². The van der Waals surface area contributed by atoms with Crippen molar-refractivity contribution in [1.82, 2.24) is 4.90 Å². The lowest BCUT2D eigenvalue weighted by Gasteiger charge is -2.26. The van der Waals surface area contributed by atoms with E-state index in [2.05, 4.69) is 5.32 Å². The summed E-state index contributed by atoms with van der Waals surface area (Å²) in [6.07, 6.45) is 0.246. The highest BCUT2D eigenvalue weighted by Gasteiger charge is 2.21. The molecule has 0 heterocycles. The van der Waals surface area contributed by atoms with Crippen LogP contribution in [0.4, 0.5) is 11.4 Å². The lowest BCUT2D eigenvalue weighted by atomic mass is 10.1. The zero-order chi connectivity index (χ0) is 16.0. The quantitative estimate of drug-likeness (QED) is 0.640. The monoisotopic (exact) mass is 290 g/mol. The number of anilines is 1. The number of nitrogens with zero attached hydrogens (tertiary/aromatic N) is 3. The molecule has 1 rings (SSSR count). The van der Waals surface area contributed by atoms with Gasteiger partial charge in [0.2, 0.25) is 0 Å². The summed E-state index contributed by atoms with van der Waals surface area (Å²) < 4.78 is 0. The van der Waals surface area contributed by atoms with Crippen LogP contribution in [0, 0.1) is 21.4 Å². The molecule has 0 radical (unpaired) electrons. The number of carbonyl (C=O) groups is 1. The zero-order valence-electron chi connectivity index (χ0n) is 12.3. The molecule has 0 aliphatic heterocycles. The van der Waals surface area contributed by atoms with Gasteiger partial charge in [-0.05, 0) is 26.0 Å². The summed E-state index contributed by atoms with van der Waals surface area (Å²) in [5, 5.41) is 22.3. The van der Waals surface area contributed by atoms with Crippen molar-refractivity contribution in [2.24, 2.45) is 0 Å². The number of nitrogens with one attached hydrogen (secondary N) is 1. The molecule has 0 aliphatic rings. The van der Waals surface area contributed by atoms with Gasteiger partial charge >= 0.3 is 0 Å². The summed E-state index contributed by atoms with van der Waals surface area (Å²) in [5.41, 5.74) is 0.564. The topological polar surface area (TPSA) is 99.3 Å². The van der Waals surface area contributed by atoms with Crippen molar-refractivity contribution in [1.29, 1.82) is 5.26 Å². The second-order valence-electron chi connectivity index (χ2n) is 4.74. The van der Waals surface area contributed by atoms with Gasteiger partial charge in [-0.2, -0.15) is 5.26 Å². The summed E-state index contributed by atoms with van der Waals surface area (Å²) >= 11 is 0. The van der Waals surface area contributed by atoms with Gasteiger partial charge in [-0.1, -0.05) is 0 Å². The molecule has 0 aliphatic carbocycles. The smallest absolute Gasteiger partial charge is 0.292 e. The standard InChI is InChI=1S/C14H18N4O3/c1-10(2)17(8-4-7-15)14(19)11-5-6-13(18(20)21)12(9-11)16-3/h5-6,9-10,16H,4,8H2,1-3H3. The van der Waals surface area contributed by atoms with Gasteiger partial charge < -0.3 is 10.2 Å². The molecule has 1 N–H and O–H groups in total. The maximum atomic E-state index is 12.5. The van der Waals surface area contributed by atoms with Crippen LogP contribution in [0.5, 0.6) is 0 Å². The molecule has 7 nitrogen and oxygen atoms in total. The van der Waals surface area contributed by atoms with Crippen molar-refractivity contribution in [3.8, 4) is 6.07 Å². The summed E-state index contributed by atoms with van der Waals surface area (Å²) in [6, 6.07) is 6.16. The van der Waals surface area contributed by atoms with Crippen LogP contribution in [-0.4, -0.2) is 35.4 Å². The van der Waals surface area contributed by atoms with E-state index in [4.69, 9.17) is 5.26 Å². The van der Waals surface area contributed by atoms with Crippen LogP contribution in [0.25, 0.3) is 0 Å². The highest BCUT2D eigenvalue weighted by atomic mass is 16.6. The number of hydrogen-bond donors (Lipinski definition) is 1. The molecule has 1 amide bonds. The number of amides is 1.